The van der Waals surface area contributed by atoms with E-state index in [1.54, 1.807) is 0 Å². The van der Waals surface area contributed by atoms with Gasteiger partial charge in [-0.25, -0.2) is 0 Å². The summed E-state index contributed by atoms with van der Waals surface area (Å²) >= 11 is 0. The molecule has 0 aromatic heterocycles. The number of ether oxygens (including phenoxy) is 1. The summed E-state index contributed by atoms with van der Waals surface area (Å²) in [6, 6.07) is 17.0. The number of rotatable bonds is 7. The molecule has 0 spiro atoms. The minimum atomic E-state index is 0.672. The highest BCUT2D eigenvalue weighted by molar-refractivity contribution is 5.62. The predicted molar refractivity (Wildman–Crippen MR) is 100 cm³/mol. The number of benzene rings is 2. The van der Waals surface area contributed by atoms with E-state index >= 15 is 0 Å². The van der Waals surface area contributed by atoms with Crippen LogP contribution in [-0.4, -0.2) is 31.6 Å². The van der Waals surface area contributed by atoms with E-state index < -0.39 is 0 Å². The van der Waals surface area contributed by atoms with Crippen molar-refractivity contribution >= 4 is 6.08 Å². The molecule has 0 amide bonds. The lowest BCUT2D eigenvalue weighted by Crippen LogP contribution is -2.21. The van der Waals surface area contributed by atoms with Crippen molar-refractivity contribution in [1.82, 2.24) is 10.2 Å². The molecule has 0 fully saturated rings. The van der Waals surface area contributed by atoms with Crippen molar-refractivity contribution in [3.05, 3.63) is 70.8 Å². The van der Waals surface area contributed by atoms with Crippen LogP contribution in [0.3, 0.4) is 0 Å². The van der Waals surface area contributed by atoms with Crippen LogP contribution in [0.5, 0.6) is 5.75 Å². The maximum atomic E-state index is 5.80. The molecule has 1 N–H and O–H groups in total. The average Bonchev–Trinajstić information content (AvgIpc) is 2.62. The molecule has 0 unspecified atom stereocenters. The monoisotopic (exact) mass is 322 g/mol. The minimum absolute atomic E-state index is 0.672. The quantitative estimate of drug-likeness (QED) is 0.841. The molecule has 1 heterocycles. The van der Waals surface area contributed by atoms with Crippen LogP contribution in [0.2, 0.25) is 0 Å². The largest absolute Gasteiger partial charge is 0.489 e. The van der Waals surface area contributed by atoms with Gasteiger partial charge in [0.2, 0.25) is 0 Å². The molecule has 2 aromatic carbocycles. The summed E-state index contributed by atoms with van der Waals surface area (Å²) in [5, 5.41) is 3.53. The van der Waals surface area contributed by atoms with Gasteiger partial charge in [-0.05, 0) is 42.4 Å². The Hall–Kier alpha value is -2.10. The van der Waals surface area contributed by atoms with Gasteiger partial charge >= 0.3 is 0 Å². The summed E-state index contributed by atoms with van der Waals surface area (Å²) in [6.07, 6.45) is 2.23. The standard InChI is InChI=1S/C21H26N2O/c1-3-23(2)15-18-8-6-7-17(11-18)13-22-14-19-12-20-9-4-5-10-21(20)24-16-19/h4-12,22H,3,13-16H2,1-2H3. The second-order valence-corrected chi connectivity index (χ2v) is 6.38. The summed E-state index contributed by atoms with van der Waals surface area (Å²) in [5.74, 6) is 0.981. The number of para-hydroxylation sites is 1. The predicted octanol–water partition coefficient (Wildman–Crippen LogP) is 3.70. The van der Waals surface area contributed by atoms with Gasteiger partial charge in [0.25, 0.3) is 0 Å². The molecule has 0 bridgehead atoms. The summed E-state index contributed by atoms with van der Waals surface area (Å²) < 4.78 is 5.80. The van der Waals surface area contributed by atoms with Gasteiger partial charge in [0, 0.05) is 25.2 Å². The van der Waals surface area contributed by atoms with Crippen LogP contribution >= 0.6 is 0 Å². The zero-order valence-electron chi connectivity index (χ0n) is 14.6. The van der Waals surface area contributed by atoms with Gasteiger partial charge in [-0.15, -0.1) is 0 Å². The molecule has 3 rings (SSSR count). The Balaban J connectivity index is 1.54. The van der Waals surface area contributed by atoms with E-state index in [-0.39, 0.29) is 0 Å². The second kappa shape index (κ2) is 8.13. The lowest BCUT2D eigenvalue weighted by atomic mass is 10.1. The molecule has 0 saturated heterocycles. The Morgan fingerprint density at radius 3 is 2.75 bits per heavy atom. The fourth-order valence-corrected chi connectivity index (χ4v) is 2.89. The fraction of sp³-hybridized carbons (Fsp3) is 0.333. The lowest BCUT2D eigenvalue weighted by Gasteiger charge is -2.18. The summed E-state index contributed by atoms with van der Waals surface area (Å²) in [5.41, 5.74) is 5.16. The Labute approximate surface area is 145 Å². The van der Waals surface area contributed by atoms with Crippen molar-refractivity contribution in [3.63, 3.8) is 0 Å². The molecule has 1 aliphatic heterocycles. The SMILES string of the molecule is CCN(C)Cc1cccc(CNCC2=Cc3ccccc3OC2)c1. The summed E-state index contributed by atoms with van der Waals surface area (Å²) in [4.78, 5) is 2.31. The number of hydrogen-bond acceptors (Lipinski definition) is 3. The van der Waals surface area contributed by atoms with Gasteiger partial charge in [0.1, 0.15) is 12.4 Å². The van der Waals surface area contributed by atoms with Crippen molar-refractivity contribution in [2.24, 2.45) is 0 Å². The van der Waals surface area contributed by atoms with E-state index in [1.165, 1.54) is 22.3 Å². The van der Waals surface area contributed by atoms with Crippen molar-refractivity contribution in [1.29, 1.82) is 0 Å². The third-order valence-corrected chi connectivity index (χ3v) is 4.36. The van der Waals surface area contributed by atoms with Crippen molar-refractivity contribution in [2.75, 3.05) is 26.7 Å². The third-order valence-electron chi connectivity index (χ3n) is 4.36. The van der Waals surface area contributed by atoms with Crippen LogP contribution in [0, 0.1) is 0 Å². The van der Waals surface area contributed by atoms with E-state index in [0.717, 1.165) is 31.9 Å². The van der Waals surface area contributed by atoms with E-state index in [0.29, 0.717) is 6.61 Å². The van der Waals surface area contributed by atoms with E-state index in [2.05, 4.69) is 60.6 Å². The first kappa shape index (κ1) is 16.7. The van der Waals surface area contributed by atoms with Crippen molar-refractivity contribution in [3.8, 4) is 5.75 Å². The highest BCUT2D eigenvalue weighted by atomic mass is 16.5. The third kappa shape index (κ3) is 4.47. The van der Waals surface area contributed by atoms with Gasteiger partial charge in [0.05, 0.1) is 0 Å². The van der Waals surface area contributed by atoms with Crippen LogP contribution in [-0.2, 0) is 13.1 Å². The highest BCUT2D eigenvalue weighted by Crippen LogP contribution is 2.25. The zero-order valence-corrected chi connectivity index (χ0v) is 14.6. The molecular weight excluding hydrogens is 296 g/mol. The maximum absolute atomic E-state index is 5.80. The molecule has 24 heavy (non-hydrogen) atoms. The number of fused-ring (bicyclic) bond motifs is 1. The fourth-order valence-electron chi connectivity index (χ4n) is 2.89. The first-order valence-electron chi connectivity index (χ1n) is 8.63. The van der Waals surface area contributed by atoms with Gasteiger partial charge in [-0.3, -0.25) is 0 Å². The average molecular weight is 322 g/mol. The molecule has 0 radical (unpaired) electrons. The second-order valence-electron chi connectivity index (χ2n) is 6.38. The van der Waals surface area contributed by atoms with Crippen molar-refractivity contribution in [2.45, 2.75) is 20.0 Å². The molecule has 1 aliphatic rings. The molecule has 3 heteroatoms. The number of nitrogens with zero attached hydrogens (tertiary/aromatic N) is 1. The first-order valence-corrected chi connectivity index (χ1v) is 8.63. The molecule has 2 aromatic rings. The Kier molecular flexibility index (Phi) is 5.68. The highest BCUT2D eigenvalue weighted by Gasteiger charge is 2.10. The van der Waals surface area contributed by atoms with Gasteiger partial charge in [-0.2, -0.15) is 0 Å². The molecule has 0 atom stereocenters. The smallest absolute Gasteiger partial charge is 0.127 e. The number of nitrogens with one attached hydrogen (secondary N) is 1. The molecule has 126 valence electrons. The normalized spacial score (nSPS) is 13.4. The van der Waals surface area contributed by atoms with Gasteiger partial charge in [-0.1, -0.05) is 49.4 Å². The topological polar surface area (TPSA) is 24.5 Å². The van der Waals surface area contributed by atoms with Crippen LogP contribution in [0.25, 0.3) is 6.08 Å². The maximum Gasteiger partial charge on any atom is 0.127 e. The van der Waals surface area contributed by atoms with Crippen molar-refractivity contribution < 1.29 is 4.74 Å². The first-order chi connectivity index (χ1) is 11.7. The van der Waals surface area contributed by atoms with Gasteiger partial charge < -0.3 is 15.0 Å². The zero-order chi connectivity index (χ0) is 16.8. The van der Waals surface area contributed by atoms with Crippen LogP contribution < -0.4 is 10.1 Å². The van der Waals surface area contributed by atoms with E-state index in [4.69, 9.17) is 4.74 Å². The molecule has 3 nitrogen and oxygen atoms in total. The lowest BCUT2D eigenvalue weighted by molar-refractivity contribution is 0.343. The Morgan fingerprint density at radius 2 is 1.88 bits per heavy atom. The molecule has 0 aliphatic carbocycles. The summed E-state index contributed by atoms with van der Waals surface area (Å²) in [7, 11) is 2.15. The van der Waals surface area contributed by atoms with E-state index in [1.807, 2.05) is 18.2 Å². The minimum Gasteiger partial charge on any atom is -0.489 e. The molecular formula is C21H26N2O. The van der Waals surface area contributed by atoms with Crippen LogP contribution in [0.15, 0.2) is 54.1 Å². The summed E-state index contributed by atoms with van der Waals surface area (Å²) in [6.45, 7) is 6.66. The number of hydrogen-bond donors (Lipinski definition) is 1. The van der Waals surface area contributed by atoms with Gasteiger partial charge in [0.15, 0.2) is 0 Å². The Morgan fingerprint density at radius 1 is 1.04 bits per heavy atom. The molecule has 0 saturated carbocycles. The van der Waals surface area contributed by atoms with Crippen LogP contribution in [0.4, 0.5) is 0 Å². The Bertz CT molecular complexity index is 708. The van der Waals surface area contributed by atoms with Crippen LogP contribution in [0.1, 0.15) is 23.6 Å². The van der Waals surface area contributed by atoms with E-state index in [9.17, 15) is 0 Å².